The normalized spacial score (nSPS) is 13.0. The molecule has 0 amide bonds. The van der Waals surface area contributed by atoms with Gasteiger partial charge in [0.15, 0.2) is 6.10 Å². The van der Waals surface area contributed by atoms with Gasteiger partial charge in [-0.3, -0.25) is 14.4 Å². The van der Waals surface area contributed by atoms with Gasteiger partial charge < -0.3 is 14.2 Å². The summed E-state index contributed by atoms with van der Waals surface area (Å²) in [4.78, 5) is 38.1. The summed E-state index contributed by atoms with van der Waals surface area (Å²) in [5.41, 5.74) is 0. The second-order valence-electron chi connectivity index (χ2n) is 19.1. The molecular formula is C66H108O6. The number of carbonyl (C=O) groups excluding carboxylic acids is 3. The Kier molecular flexibility index (Phi) is 55.9. The van der Waals surface area contributed by atoms with Gasteiger partial charge in [-0.2, -0.15) is 0 Å². The molecule has 72 heavy (non-hydrogen) atoms. The smallest absolute Gasteiger partial charge is 0.306 e. The van der Waals surface area contributed by atoms with Gasteiger partial charge in [-0.25, -0.2) is 0 Å². The van der Waals surface area contributed by atoms with Gasteiger partial charge in [0.05, 0.1) is 0 Å². The highest BCUT2D eigenvalue weighted by atomic mass is 16.6. The van der Waals surface area contributed by atoms with Crippen LogP contribution in [-0.2, 0) is 28.6 Å². The average molecular weight is 998 g/mol. The highest BCUT2D eigenvalue weighted by molar-refractivity contribution is 5.71. The van der Waals surface area contributed by atoms with Gasteiger partial charge >= 0.3 is 17.9 Å². The van der Waals surface area contributed by atoms with Crippen LogP contribution in [0.25, 0.3) is 0 Å². The Labute approximate surface area is 443 Å². The van der Waals surface area contributed by atoms with Crippen molar-refractivity contribution in [2.75, 3.05) is 13.2 Å². The van der Waals surface area contributed by atoms with Crippen LogP contribution in [0.4, 0.5) is 0 Å². The quantitative estimate of drug-likeness (QED) is 0.0261. The number of hydrogen-bond acceptors (Lipinski definition) is 6. The second kappa shape index (κ2) is 59.4. The van der Waals surface area contributed by atoms with Crippen molar-refractivity contribution in [2.45, 2.75) is 264 Å². The van der Waals surface area contributed by atoms with Crippen LogP contribution in [0.1, 0.15) is 258 Å². The predicted molar refractivity (Wildman–Crippen MR) is 311 cm³/mol. The fourth-order valence-electron chi connectivity index (χ4n) is 7.82. The third-order valence-corrected chi connectivity index (χ3v) is 12.2. The third kappa shape index (κ3) is 56.7. The maximum absolute atomic E-state index is 12.8. The molecule has 0 aliphatic carbocycles. The number of rotatable bonds is 52. The lowest BCUT2D eigenvalue weighted by Gasteiger charge is -2.18. The van der Waals surface area contributed by atoms with Crippen LogP contribution in [0.2, 0.25) is 0 Å². The van der Waals surface area contributed by atoms with Gasteiger partial charge in [-0.05, 0) is 122 Å². The molecule has 408 valence electrons. The Hall–Kier alpha value is -4.19. The van der Waals surface area contributed by atoms with Crippen LogP contribution in [0, 0.1) is 0 Å². The minimum atomic E-state index is -0.815. The lowest BCUT2D eigenvalue weighted by atomic mass is 10.0. The number of hydrogen-bond donors (Lipinski definition) is 0. The number of allylic oxidation sites excluding steroid dienone is 20. The van der Waals surface area contributed by atoms with Crippen LogP contribution in [0.5, 0.6) is 0 Å². The monoisotopic (exact) mass is 997 g/mol. The molecule has 0 fully saturated rings. The molecule has 1 unspecified atom stereocenters. The first-order chi connectivity index (χ1) is 35.5. The standard InChI is InChI=1S/C66H108O6/c1-4-7-10-13-16-19-22-25-27-29-30-31-32-33-34-35-36-38-39-41-44-47-50-53-56-59-65(68)71-62-63(61-70-64(67)58-55-52-49-46-43-24-21-18-15-12-9-6-3)72-66(69)60-57-54-51-48-45-42-40-37-28-26-23-20-17-14-11-8-5-2/h7-8,10-11,16-21,25-28,30-31,40,42,48,51,63H,4-6,9,12-15,22-24,29,32-39,41,43-47,49-50,52-62H2,1-3H3/b10-7-,11-8-,19-16-,20-17-,21-18-,27-25-,28-26-,31-30-,42-40-,51-48-. The molecule has 0 bridgehead atoms. The molecule has 0 radical (unpaired) electrons. The maximum atomic E-state index is 12.8. The fourth-order valence-corrected chi connectivity index (χ4v) is 7.82. The molecule has 0 spiro atoms. The van der Waals surface area contributed by atoms with Crippen molar-refractivity contribution in [3.63, 3.8) is 0 Å². The molecule has 0 saturated heterocycles. The van der Waals surface area contributed by atoms with Crippen molar-refractivity contribution in [3.05, 3.63) is 122 Å². The van der Waals surface area contributed by atoms with Gasteiger partial charge in [-0.15, -0.1) is 0 Å². The zero-order valence-electron chi connectivity index (χ0n) is 46.7. The topological polar surface area (TPSA) is 78.9 Å². The van der Waals surface area contributed by atoms with E-state index in [1.807, 2.05) is 0 Å². The molecule has 0 aromatic heterocycles. The van der Waals surface area contributed by atoms with Crippen molar-refractivity contribution in [3.8, 4) is 0 Å². The average Bonchev–Trinajstić information content (AvgIpc) is 3.38. The third-order valence-electron chi connectivity index (χ3n) is 12.2. The van der Waals surface area contributed by atoms with Gasteiger partial charge in [0.1, 0.15) is 13.2 Å². The van der Waals surface area contributed by atoms with Gasteiger partial charge in [-0.1, -0.05) is 239 Å². The molecule has 0 rings (SSSR count). The molecule has 0 N–H and O–H groups in total. The Bertz CT molecular complexity index is 1520. The summed E-state index contributed by atoms with van der Waals surface area (Å²) >= 11 is 0. The van der Waals surface area contributed by atoms with Crippen LogP contribution in [0.15, 0.2) is 122 Å². The summed E-state index contributed by atoms with van der Waals surface area (Å²) in [5.74, 6) is -0.977. The van der Waals surface area contributed by atoms with Crippen LogP contribution < -0.4 is 0 Å². The Morgan fingerprint density at radius 3 is 0.903 bits per heavy atom. The summed E-state index contributed by atoms with van der Waals surface area (Å²) in [6, 6.07) is 0. The molecular weight excluding hydrogens is 889 g/mol. The van der Waals surface area contributed by atoms with Crippen LogP contribution in [-0.4, -0.2) is 37.2 Å². The van der Waals surface area contributed by atoms with Gasteiger partial charge in [0, 0.05) is 19.3 Å². The zero-order valence-corrected chi connectivity index (χ0v) is 46.7. The van der Waals surface area contributed by atoms with Crippen molar-refractivity contribution in [1.82, 2.24) is 0 Å². The molecule has 0 aromatic rings. The number of esters is 3. The van der Waals surface area contributed by atoms with E-state index in [1.54, 1.807) is 0 Å². The van der Waals surface area contributed by atoms with E-state index in [1.165, 1.54) is 96.3 Å². The maximum Gasteiger partial charge on any atom is 0.306 e. The second-order valence-corrected chi connectivity index (χ2v) is 19.1. The SMILES string of the molecule is CC/C=C\C/C=C\C/C=C\C/C=C\C/C=C\CCCC(=O)OC(COC(=O)CCCCCCC/C=C\CCCCC)COC(=O)CCCCCCCCCCCCCC/C=C\C/C=C\C/C=C\C/C=C\CC. The van der Waals surface area contributed by atoms with Crippen molar-refractivity contribution < 1.29 is 28.6 Å². The van der Waals surface area contributed by atoms with Crippen LogP contribution >= 0.6 is 0 Å². The lowest BCUT2D eigenvalue weighted by Crippen LogP contribution is -2.30. The molecule has 6 heteroatoms. The summed E-state index contributed by atoms with van der Waals surface area (Å²) in [6.45, 7) is 6.33. The minimum Gasteiger partial charge on any atom is -0.462 e. The molecule has 0 saturated carbocycles. The molecule has 0 aliphatic rings. The van der Waals surface area contributed by atoms with E-state index in [-0.39, 0.29) is 37.5 Å². The molecule has 0 heterocycles. The van der Waals surface area contributed by atoms with E-state index in [2.05, 4.69) is 142 Å². The van der Waals surface area contributed by atoms with Crippen molar-refractivity contribution in [2.24, 2.45) is 0 Å². The molecule has 1 atom stereocenters. The van der Waals surface area contributed by atoms with E-state index in [0.717, 1.165) is 116 Å². The van der Waals surface area contributed by atoms with Crippen molar-refractivity contribution in [1.29, 1.82) is 0 Å². The molecule has 0 aliphatic heterocycles. The lowest BCUT2D eigenvalue weighted by molar-refractivity contribution is -0.167. The van der Waals surface area contributed by atoms with Crippen LogP contribution in [0.3, 0.4) is 0 Å². The zero-order chi connectivity index (χ0) is 52.2. The first-order valence-electron chi connectivity index (χ1n) is 29.5. The largest absolute Gasteiger partial charge is 0.462 e. The van der Waals surface area contributed by atoms with Gasteiger partial charge in [0.2, 0.25) is 0 Å². The van der Waals surface area contributed by atoms with E-state index in [0.29, 0.717) is 19.3 Å². The van der Waals surface area contributed by atoms with E-state index in [4.69, 9.17) is 14.2 Å². The molecule has 6 nitrogen and oxygen atoms in total. The summed E-state index contributed by atoms with van der Waals surface area (Å²) < 4.78 is 16.8. The predicted octanol–water partition coefficient (Wildman–Crippen LogP) is 20.0. The first kappa shape index (κ1) is 67.8. The fraction of sp³-hybridized carbons (Fsp3) is 0.652. The highest BCUT2D eigenvalue weighted by Crippen LogP contribution is 2.15. The Balaban J connectivity index is 4.38. The summed E-state index contributed by atoms with van der Waals surface area (Å²) in [5, 5.41) is 0. The van der Waals surface area contributed by atoms with E-state index < -0.39 is 6.10 Å². The first-order valence-corrected chi connectivity index (χ1v) is 29.5. The molecule has 0 aromatic carbocycles. The minimum absolute atomic E-state index is 0.106. The van der Waals surface area contributed by atoms with Crippen molar-refractivity contribution >= 4 is 17.9 Å². The number of unbranched alkanes of at least 4 members (excludes halogenated alkanes) is 21. The van der Waals surface area contributed by atoms with E-state index >= 15 is 0 Å². The van der Waals surface area contributed by atoms with E-state index in [9.17, 15) is 14.4 Å². The highest BCUT2D eigenvalue weighted by Gasteiger charge is 2.19. The number of ether oxygens (including phenoxy) is 3. The van der Waals surface area contributed by atoms with Gasteiger partial charge in [0.25, 0.3) is 0 Å². The Morgan fingerprint density at radius 1 is 0.292 bits per heavy atom. The number of carbonyl (C=O) groups is 3. The summed E-state index contributed by atoms with van der Waals surface area (Å²) in [7, 11) is 0. The summed E-state index contributed by atoms with van der Waals surface area (Å²) in [6.07, 6.45) is 82.0. The Morgan fingerprint density at radius 2 is 0.556 bits per heavy atom.